The highest BCUT2D eigenvalue weighted by atomic mass is 16.3. The molecule has 1 atom stereocenters. The summed E-state index contributed by atoms with van der Waals surface area (Å²) < 4.78 is 0. The van der Waals surface area contributed by atoms with Crippen LogP contribution in [0.5, 0.6) is 0 Å². The zero-order valence-corrected chi connectivity index (χ0v) is 13.3. The number of nitrogens with zero attached hydrogens (tertiary/aromatic N) is 4. The summed E-state index contributed by atoms with van der Waals surface area (Å²) in [5.41, 5.74) is 2.62. The number of benzene rings is 1. The number of H-pyrrole nitrogens is 1. The Hall–Kier alpha value is -2.67. The fourth-order valence-corrected chi connectivity index (χ4v) is 3.15. The van der Waals surface area contributed by atoms with Gasteiger partial charge in [-0.05, 0) is 18.4 Å². The minimum absolute atomic E-state index is 0.0864. The molecule has 1 fully saturated rings. The van der Waals surface area contributed by atoms with Crippen LogP contribution >= 0.6 is 0 Å². The van der Waals surface area contributed by atoms with Gasteiger partial charge in [-0.3, -0.25) is 0 Å². The lowest BCUT2D eigenvalue weighted by Gasteiger charge is -2.23. The maximum absolute atomic E-state index is 9.56. The summed E-state index contributed by atoms with van der Waals surface area (Å²) in [5.74, 6) is 1.36. The molecule has 3 heterocycles. The number of aliphatic hydroxyl groups is 1. The summed E-state index contributed by atoms with van der Waals surface area (Å²) in [4.78, 5) is 18.7. The molecule has 4 rings (SSSR count). The highest BCUT2D eigenvalue weighted by Gasteiger charge is 2.27. The molecule has 0 saturated carbocycles. The second-order valence-electron chi connectivity index (χ2n) is 5.98. The first kappa shape index (κ1) is 14.9. The lowest BCUT2D eigenvalue weighted by atomic mass is 10.2. The van der Waals surface area contributed by atoms with Gasteiger partial charge in [0.15, 0.2) is 11.5 Å². The predicted molar refractivity (Wildman–Crippen MR) is 92.9 cm³/mol. The second-order valence-corrected chi connectivity index (χ2v) is 5.98. The number of hydrogen-bond donors (Lipinski definition) is 3. The second kappa shape index (κ2) is 6.45. The van der Waals surface area contributed by atoms with E-state index in [0.717, 1.165) is 30.7 Å². The van der Waals surface area contributed by atoms with Gasteiger partial charge in [0.1, 0.15) is 5.52 Å². The van der Waals surface area contributed by atoms with Gasteiger partial charge in [-0.25, -0.2) is 4.98 Å². The molecule has 7 nitrogen and oxygen atoms in total. The van der Waals surface area contributed by atoms with Crippen LogP contribution in [0.25, 0.3) is 11.2 Å². The number of aromatic nitrogens is 4. The van der Waals surface area contributed by atoms with Gasteiger partial charge in [0.2, 0.25) is 5.95 Å². The zero-order chi connectivity index (χ0) is 16.4. The van der Waals surface area contributed by atoms with E-state index < -0.39 is 0 Å². The molecule has 0 radical (unpaired) electrons. The summed E-state index contributed by atoms with van der Waals surface area (Å²) >= 11 is 0. The molecule has 1 saturated heterocycles. The average Bonchev–Trinajstić information content (AvgIpc) is 3.29. The number of hydrogen-bond acceptors (Lipinski definition) is 6. The van der Waals surface area contributed by atoms with Crippen molar-refractivity contribution in [3.05, 3.63) is 42.2 Å². The predicted octanol–water partition coefficient (Wildman–Crippen LogP) is 1.93. The topological polar surface area (TPSA) is 90.0 Å². The Morgan fingerprint density at radius 1 is 1.25 bits per heavy atom. The quantitative estimate of drug-likeness (QED) is 0.664. The third-order valence-electron chi connectivity index (χ3n) is 4.42. The summed E-state index contributed by atoms with van der Waals surface area (Å²) in [6, 6.07) is 10.3. The Balaban J connectivity index is 1.65. The van der Waals surface area contributed by atoms with Crippen LogP contribution in [0.15, 0.2) is 36.7 Å². The number of imidazole rings is 1. The molecule has 0 bridgehead atoms. The molecule has 1 aliphatic rings. The standard InChI is InChI=1S/C17H20N6O/c24-10-13-7-4-8-23(13)17-21-15(14-16(22-17)20-11-19-14)18-9-12-5-2-1-3-6-12/h1-3,5-6,11,13,24H,4,7-10H2,(H2,18,19,20,21,22). The Morgan fingerprint density at radius 2 is 2.12 bits per heavy atom. The Bertz CT molecular complexity index is 818. The molecule has 3 N–H and O–H groups in total. The van der Waals surface area contributed by atoms with E-state index in [1.165, 1.54) is 5.56 Å². The molecule has 2 aromatic heterocycles. The average molecular weight is 324 g/mol. The molecule has 0 aliphatic carbocycles. The number of anilines is 2. The number of rotatable bonds is 5. The van der Waals surface area contributed by atoms with Crippen LogP contribution in [0.1, 0.15) is 18.4 Å². The fraction of sp³-hybridized carbons (Fsp3) is 0.353. The van der Waals surface area contributed by atoms with Crippen molar-refractivity contribution in [1.29, 1.82) is 0 Å². The van der Waals surface area contributed by atoms with Gasteiger partial charge in [-0.15, -0.1) is 0 Å². The van der Waals surface area contributed by atoms with Crippen LogP contribution in [0.3, 0.4) is 0 Å². The molecule has 3 aromatic rings. The van der Waals surface area contributed by atoms with Crippen molar-refractivity contribution >= 4 is 22.9 Å². The van der Waals surface area contributed by atoms with Crippen molar-refractivity contribution in [1.82, 2.24) is 19.9 Å². The molecular formula is C17H20N6O. The number of fused-ring (bicyclic) bond motifs is 1. The van der Waals surface area contributed by atoms with Crippen molar-refractivity contribution in [3.8, 4) is 0 Å². The first-order chi connectivity index (χ1) is 11.8. The van der Waals surface area contributed by atoms with Gasteiger partial charge < -0.3 is 20.3 Å². The minimum Gasteiger partial charge on any atom is -0.394 e. The van der Waals surface area contributed by atoms with Crippen LogP contribution in [-0.2, 0) is 6.54 Å². The SMILES string of the molecule is OCC1CCCN1c1nc(NCc2ccccc2)c2[nH]cnc2n1. The van der Waals surface area contributed by atoms with E-state index in [4.69, 9.17) is 0 Å². The molecule has 1 aromatic carbocycles. The van der Waals surface area contributed by atoms with Crippen molar-refractivity contribution in [3.63, 3.8) is 0 Å². The van der Waals surface area contributed by atoms with Crippen molar-refractivity contribution < 1.29 is 5.11 Å². The number of aliphatic hydroxyl groups excluding tert-OH is 1. The van der Waals surface area contributed by atoms with Crippen molar-refractivity contribution in [2.24, 2.45) is 0 Å². The van der Waals surface area contributed by atoms with E-state index >= 15 is 0 Å². The van der Waals surface area contributed by atoms with E-state index in [-0.39, 0.29) is 12.6 Å². The maximum atomic E-state index is 9.56. The van der Waals surface area contributed by atoms with E-state index in [1.54, 1.807) is 6.33 Å². The highest BCUT2D eigenvalue weighted by Crippen LogP contribution is 2.26. The molecule has 7 heteroatoms. The Morgan fingerprint density at radius 3 is 2.96 bits per heavy atom. The number of nitrogens with one attached hydrogen (secondary N) is 2. The zero-order valence-electron chi connectivity index (χ0n) is 13.3. The minimum atomic E-state index is 0.0864. The monoisotopic (exact) mass is 324 g/mol. The number of aromatic amines is 1. The molecule has 0 spiro atoms. The van der Waals surface area contributed by atoms with E-state index in [9.17, 15) is 5.11 Å². The highest BCUT2D eigenvalue weighted by molar-refractivity contribution is 5.83. The van der Waals surface area contributed by atoms with Crippen molar-refractivity contribution in [2.45, 2.75) is 25.4 Å². The summed E-state index contributed by atoms with van der Waals surface area (Å²) in [6.45, 7) is 1.66. The molecule has 1 aliphatic heterocycles. The van der Waals surface area contributed by atoms with Gasteiger partial charge in [0.25, 0.3) is 0 Å². The van der Waals surface area contributed by atoms with Crippen LogP contribution < -0.4 is 10.2 Å². The fourth-order valence-electron chi connectivity index (χ4n) is 3.15. The summed E-state index contributed by atoms with van der Waals surface area (Å²) in [6.07, 6.45) is 3.63. The van der Waals surface area contributed by atoms with Crippen molar-refractivity contribution in [2.75, 3.05) is 23.4 Å². The third-order valence-corrected chi connectivity index (χ3v) is 4.42. The Kier molecular flexibility index (Phi) is 4.00. The molecule has 0 amide bonds. The smallest absolute Gasteiger partial charge is 0.229 e. The van der Waals surface area contributed by atoms with Crippen LogP contribution in [0, 0.1) is 0 Å². The first-order valence-corrected chi connectivity index (χ1v) is 8.21. The Labute approximate surface area is 139 Å². The van der Waals surface area contributed by atoms with Crippen LogP contribution in [0.4, 0.5) is 11.8 Å². The molecule has 124 valence electrons. The van der Waals surface area contributed by atoms with Crippen LogP contribution in [0.2, 0.25) is 0 Å². The lowest BCUT2D eigenvalue weighted by Crippen LogP contribution is -2.33. The maximum Gasteiger partial charge on any atom is 0.229 e. The van der Waals surface area contributed by atoms with E-state index in [2.05, 4.69) is 42.3 Å². The van der Waals surface area contributed by atoms with Gasteiger partial charge in [-0.1, -0.05) is 30.3 Å². The molecule has 24 heavy (non-hydrogen) atoms. The van der Waals surface area contributed by atoms with Gasteiger partial charge in [0.05, 0.1) is 19.0 Å². The molecular weight excluding hydrogens is 304 g/mol. The lowest BCUT2D eigenvalue weighted by molar-refractivity contribution is 0.265. The summed E-state index contributed by atoms with van der Waals surface area (Å²) in [5, 5.41) is 12.9. The van der Waals surface area contributed by atoms with Gasteiger partial charge >= 0.3 is 0 Å². The van der Waals surface area contributed by atoms with Crippen LogP contribution in [-0.4, -0.2) is 44.2 Å². The van der Waals surface area contributed by atoms with E-state index in [0.29, 0.717) is 18.1 Å². The largest absolute Gasteiger partial charge is 0.394 e. The normalized spacial score (nSPS) is 17.5. The van der Waals surface area contributed by atoms with Gasteiger partial charge in [0, 0.05) is 13.1 Å². The van der Waals surface area contributed by atoms with Gasteiger partial charge in [-0.2, -0.15) is 9.97 Å². The first-order valence-electron chi connectivity index (χ1n) is 8.21. The summed E-state index contributed by atoms with van der Waals surface area (Å²) in [7, 11) is 0. The molecule has 1 unspecified atom stereocenters. The third kappa shape index (κ3) is 2.78. The van der Waals surface area contributed by atoms with E-state index in [1.807, 2.05) is 18.2 Å².